The predicted octanol–water partition coefficient (Wildman–Crippen LogP) is 4.22. The average molecular weight is 399 g/mol. The second-order valence-electron chi connectivity index (χ2n) is 6.43. The largest absolute Gasteiger partial charge is 0.417 e. The van der Waals surface area contributed by atoms with E-state index in [1.165, 1.54) is 41.2 Å². The zero-order valence-corrected chi connectivity index (χ0v) is 15.2. The van der Waals surface area contributed by atoms with Crippen LogP contribution in [0.25, 0.3) is 16.9 Å². The first-order valence-electron chi connectivity index (χ1n) is 8.71. The van der Waals surface area contributed by atoms with E-state index in [1.807, 2.05) is 13.0 Å². The number of benzene rings is 1. The first kappa shape index (κ1) is 18.9. The monoisotopic (exact) mass is 399 g/mol. The van der Waals surface area contributed by atoms with Gasteiger partial charge >= 0.3 is 6.18 Å². The van der Waals surface area contributed by atoms with Gasteiger partial charge in [-0.25, -0.2) is 9.50 Å². The fourth-order valence-corrected chi connectivity index (χ4v) is 3.07. The fraction of sp³-hybridized carbons (Fsp3) is 0.150. The van der Waals surface area contributed by atoms with Gasteiger partial charge in [-0.3, -0.25) is 4.98 Å². The Kier molecular flexibility index (Phi) is 4.67. The van der Waals surface area contributed by atoms with Gasteiger partial charge in [0, 0.05) is 18.0 Å². The van der Waals surface area contributed by atoms with E-state index in [4.69, 9.17) is 0 Å². The summed E-state index contributed by atoms with van der Waals surface area (Å²) in [5, 5.41) is 17.5. The Morgan fingerprint density at radius 3 is 2.66 bits per heavy atom. The van der Waals surface area contributed by atoms with E-state index in [2.05, 4.69) is 20.4 Å². The minimum Gasteiger partial charge on any atom is -0.368 e. The van der Waals surface area contributed by atoms with Crippen molar-refractivity contribution in [3.05, 3.63) is 77.9 Å². The third kappa shape index (κ3) is 3.64. The molecule has 0 radical (unpaired) electrons. The van der Waals surface area contributed by atoms with Gasteiger partial charge in [-0.2, -0.15) is 18.3 Å². The quantitative estimate of drug-likeness (QED) is 0.503. The summed E-state index contributed by atoms with van der Waals surface area (Å²) in [5.74, 6) is 0. The molecule has 0 spiro atoms. The highest BCUT2D eigenvalue weighted by Gasteiger charge is 2.33. The number of halogens is 3. The van der Waals surface area contributed by atoms with Crippen LogP contribution >= 0.6 is 0 Å². The van der Waals surface area contributed by atoms with E-state index in [1.54, 1.807) is 12.3 Å². The molecule has 6 nitrogen and oxygen atoms in total. The molecule has 1 unspecified atom stereocenters. The average Bonchev–Trinajstić information content (AvgIpc) is 3.09. The Morgan fingerprint density at radius 2 is 1.90 bits per heavy atom. The molecule has 0 amide bonds. The molecule has 0 saturated carbocycles. The van der Waals surface area contributed by atoms with Crippen molar-refractivity contribution in [3.63, 3.8) is 0 Å². The number of aliphatic hydroxyl groups is 1. The van der Waals surface area contributed by atoms with E-state index < -0.39 is 18.0 Å². The van der Waals surface area contributed by atoms with Crippen molar-refractivity contribution in [2.24, 2.45) is 0 Å². The van der Waals surface area contributed by atoms with Crippen molar-refractivity contribution >= 4 is 11.3 Å². The summed E-state index contributed by atoms with van der Waals surface area (Å²) in [6.07, 6.45) is -1.10. The van der Waals surface area contributed by atoms with E-state index in [0.717, 1.165) is 11.6 Å². The van der Waals surface area contributed by atoms with Crippen LogP contribution in [0.1, 0.15) is 23.0 Å². The number of hydrogen-bond acceptors (Lipinski definition) is 5. The number of pyridine rings is 1. The highest BCUT2D eigenvalue weighted by Crippen LogP contribution is 2.36. The first-order valence-corrected chi connectivity index (χ1v) is 8.71. The van der Waals surface area contributed by atoms with Crippen molar-refractivity contribution in [2.75, 3.05) is 5.32 Å². The molecule has 0 saturated heterocycles. The number of nitrogens with one attached hydrogen (secondary N) is 1. The SMILES string of the molecule is Cc1cccnc1C(O)Nc1cnn2ccc(-c3ccccc3C(F)(F)F)nc12. The maximum absolute atomic E-state index is 13.4. The van der Waals surface area contributed by atoms with Crippen LogP contribution in [0.3, 0.4) is 0 Å². The van der Waals surface area contributed by atoms with Crippen molar-refractivity contribution in [1.29, 1.82) is 0 Å². The lowest BCUT2D eigenvalue weighted by Crippen LogP contribution is -2.13. The third-order valence-corrected chi connectivity index (χ3v) is 4.48. The number of aryl methyl sites for hydroxylation is 1. The summed E-state index contributed by atoms with van der Waals surface area (Å²) in [6.45, 7) is 1.81. The number of hydrogen-bond donors (Lipinski definition) is 2. The lowest BCUT2D eigenvalue weighted by molar-refractivity contribution is -0.137. The topological polar surface area (TPSA) is 75.3 Å². The molecule has 3 heterocycles. The van der Waals surface area contributed by atoms with E-state index in [-0.39, 0.29) is 16.9 Å². The van der Waals surface area contributed by atoms with Gasteiger partial charge in [0.1, 0.15) is 5.69 Å². The lowest BCUT2D eigenvalue weighted by atomic mass is 10.0. The molecular weight excluding hydrogens is 383 g/mol. The Labute approximate surface area is 163 Å². The number of fused-ring (bicyclic) bond motifs is 1. The second-order valence-corrected chi connectivity index (χ2v) is 6.43. The summed E-state index contributed by atoms with van der Waals surface area (Å²) < 4.78 is 41.5. The smallest absolute Gasteiger partial charge is 0.368 e. The number of rotatable bonds is 4. The number of nitrogens with zero attached hydrogens (tertiary/aromatic N) is 4. The van der Waals surface area contributed by atoms with Crippen molar-refractivity contribution in [1.82, 2.24) is 19.6 Å². The molecule has 4 aromatic rings. The van der Waals surface area contributed by atoms with Gasteiger partial charge in [-0.1, -0.05) is 24.3 Å². The molecule has 0 aliphatic heterocycles. The van der Waals surface area contributed by atoms with Crippen LogP contribution in [0, 0.1) is 6.92 Å². The Balaban J connectivity index is 1.74. The molecule has 3 aromatic heterocycles. The van der Waals surface area contributed by atoms with Gasteiger partial charge in [-0.05, 0) is 30.7 Å². The van der Waals surface area contributed by atoms with Crippen LogP contribution in [0.4, 0.5) is 18.9 Å². The van der Waals surface area contributed by atoms with Crippen molar-refractivity contribution < 1.29 is 18.3 Å². The van der Waals surface area contributed by atoms with Gasteiger partial charge < -0.3 is 10.4 Å². The maximum Gasteiger partial charge on any atom is 0.417 e. The molecule has 29 heavy (non-hydrogen) atoms. The molecule has 4 rings (SSSR count). The molecule has 1 aromatic carbocycles. The Hall–Kier alpha value is -3.46. The van der Waals surface area contributed by atoms with Crippen LogP contribution in [0.2, 0.25) is 0 Å². The maximum atomic E-state index is 13.4. The van der Waals surface area contributed by atoms with Crippen LogP contribution in [0.15, 0.2) is 61.1 Å². The van der Waals surface area contributed by atoms with Gasteiger partial charge in [0.15, 0.2) is 11.9 Å². The molecule has 0 bridgehead atoms. The van der Waals surface area contributed by atoms with E-state index >= 15 is 0 Å². The fourth-order valence-electron chi connectivity index (χ4n) is 3.07. The predicted molar refractivity (Wildman–Crippen MR) is 101 cm³/mol. The molecule has 9 heteroatoms. The van der Waals surface area contributed by atoms with Gasteiger partial charge in [0.25, 0.3) is 0 Å². The normalized spacial score (nSPS) is 12.9. The Bertz CT molecular complexity index is 1170. The van der Waals surface area contributed by atoms with Crippen molar-refractivity contribution in [3.8, 4) is 11.3 Å². The number of aromatic nitrogens is 4. The first-order chi connectivity index (χ1) is 13.8. The number of anilines is 1. The summed E-state index contributed by atoms with van der Waals surface area (Å²) >= 11 is 0. The van der Waals surface area contributed by atoms with Crippen LogP contribution in [-0.2, 0) is 6.18 Å². The Morgan fingerprint density at radius 1 is 1.10 bits per heavy atom. The van der Waals surface area contributed by atoms with E-state index in [9.17, 15) is 18.3 Å². The van der Waals surface area contributed by atoms with Crippen LogP contribution < -0.4 is 5.32 Å². The molecular formula is C20H16F3N5O. The minimum atomic E-state index is -4.50. The van der Waals surface area contributed by atoms with E-state index in [0.29, 0.717) is 11.4 Å². The zero-order chi connectivity index (χ0) is 20.6. The second kappa shape index (κ2) is 7.17. The molecule has 0 fully saturated rings. The summed E-state index contributed by atoms with van der Waals surface area (Å²) in [4.78, 5) is 8.51. The molecule has 0 aliphatic carbocycles. The highest BCUT2D eigenvalue weighted by molar-refractivity contribution is 5.72. The molecule has 1 atom stereocenters. The van der Waals surface area contributed by atoms with Crippen LogP contribution in [0.5, 0.6) is 0 Å². The molecule has 2 N–H and O–H groups in total. The highest BCUT2D eigenvalue weighted by atomic mass is 19.4. The van der Waals surface area contributed by atoms with Crippen LogP contribution in [-0.4, -0.2) is 24.7 Å². The summed E-state index contributed by atoms with van der Waals surface area (Å²) in [7, 11) is 0. The van der Waals surface area contributed by atoms with Gasteiger partial charge in [0.05, 0.1) is 23.1 Å². The van der Waals surface area contributed by atoms with Gasteiger partial charge in [-0.15, -0.1) is 0 Å². The number of aliphatic hydroxyl groups excluding tert-OH is 1. The number of alkyl halides is 3. The zero-order valence-electron chi connectivity index (χ0n) is 15.2. The lowest BCUT2D eigenvalue weighted by Gasteiger charge is -2.15. The third-order valence-electron chi connectivity index (χ3n) is 4.48. The summed E-state index contributed by atoms with van der Waals surface area (Å²) in [6, 6.07) is 10.3. The minimum absolute atomic E-state index is 0.0317. The van der Waals surface area contributed by atoms with Crippen molar-refractivity contribution in [2.45, 2.75) is 19.3 Å². The summed E-state index contributed by atoms with van der Waals surface area (Å²) in [5.41, 5.74) is 1.23. The van der Waals surface area contributed by atoms with Gasteiger partial charge in [0.2, 0.25) is 0 Å². The standard InChI is InChI=1S/C20H16F3N5O/c1-12-5-4-9-24-17(12)19(29)27-16-11-25-28-10-8-15(26-18(16)28)13-6-2-3-7-14(13)20(21,22)23/h2-11,19,27,29H,1H3. The molecule has 0 aliphatic rings. The molecule has 148 valence electrons.